The van der Waals surface area contributed by atoms with Gasteiger partial charge in [-0.3, -0.25) is 0 Å². The van der Waals surface area contributed by atoms with E-state index in [4.69, 9.17) is 0 Å². The van der Waals surface area contributed by atoms with Gasteiger partial charge in [-0.25, -0.2) is 13.4 Å². The molecule has 0 atom stereocenters. The van der Waals surface area contributed by atoms with E-state index in [0.717, 1.165) is 12.1 Å². The lowest BCUT2D eigenvalue weighted by Gasteiger charge is -2.11. The first-order valence-electron chi connectivity index (χ1n) is 8.46. The van der Waals surface area contributed by atoms with Crippen LogP contribution in [0.5, 0.6) is 0 Å². The Morgan fingerprint density at radius 1 is 0.960 bits per heavy atom. The second kappa shape index (κ2) is 9.84. The average molecular weight is 359 g/mol. The topological polar surface area (TPSA) is 70.6 Å². The van der Waals surface area contributed by atoms with Gasteiger partial charge in [0.1, 0.15) is 0 Å². The lowest BCUT2D eigenvalue weighted by Crippen LogP contribution is -2.38. The number of rotatable bonds is 8. The molecule has 0 unspecified atom stereocenters. The summed E-state index contributed by atoms with van der Waals surface area (Å²) < 4.78 is 24.5. The molecule has 6 heteroatoms. The first-order chi connectivity index (χ1) is 12.1. The average Bonchev–Trinajstić information content (AvgIpc) is 2.64. The van der Waals surface area contributed by atoms with E-state index in [1.165, 1.54) is 0 Å². The maximum Gasteiger partial charge on any atom is 0.191 e. The van der Waals surface area contributed by atoms with Gasteiger partial charge in [0.05, 0.1) is 17.2 Å². The smallest absolute Gasteiger partial charge is 0.191 e. The van der Waals surface area contributed by atoms with Crippen LogP contribution in [0.25, 0.3) is 0 Å². The highest BCUT2D eigenvalue weighted by Crippen LogP contribution is 2.10. The highest BCUT2D eigenvalue weighted by molar-refractivity contribution is 7.91. The third-order valence-electron chi connectivity index (χ3n) is 3.59. The van der Waals surface area contributed by atoms with E-state index in [-0.39, 0.29) is 5.75 Å². The van der Waals surface area contributed by atoms with Crippen LogP contribution in [-0.2, 0) is 16.4 Å². The van der Waals surface area contributed by atoms with Gasteiger partial charge in [0.25, 0.3) is 0 Å². The standard InChI is InChI=1S/C19H25N3O2S/c1-2-20-19(22-16-17-10-5-3-6-11-17)21-14-9-15-25(23,24)18-12-7-4-8-13-18/h3-8,10-13H,2,9,14-16H2,1H3,(H2,20,21,22). The van der Waals surface area contributed by atoms with E-state index in [1.54, 1.807) is 24.3 Å². The molecule has 5 nitrogen and oxygen atoms in total. The molecule has 25 heavy (non-hydrogen) atoms. The Hall–Kier alpha value is -2.34. The quantitative estimate of drug-likeness (QED) is 0.432. The van der Waals surface area contributed by atoms with Gasteiger partial charge in [0.15, 0.2) is 15.8 Å². The summed E-state index contributed by atoms with van der Waals surface area (Å²) in [7, 11) is -3.23. The van der Waals surface area contributed by atoms with Crippen LogP contribution in [0.4, 0.5) is 0 Å². The predicted octanol–water partition coefficient (Wildman–Crippen LogP) is 2.61. The minimum Gasteiger partial charge on any atom is -0.357 e. The van der Waals surface area contributed by atoms with E-state index < -0.39 is 9.84 Å². The molecule has 0 saturated carbocycles. The predicted molar refractivity (Wildman–Crippen MR) is 102 cm³/mol. The molecule has 0 aliphatic rings. The summed E-state index contributed by atoms with van der Waals surface area (Å²) in [5, 5.41) is 6.36. The number of hydrogen-bond donors (Lipinski definition) is 2. The number of hydrogen-bond acceptors (Lipinski definition) is 3. The summed E-state index contributed by atoms with van der Waals surface area (Å²) in [6.45, 7) is 3.88. The van der Waals surface area contributed by atoms with Crippen molar-refractivity contribution in [1.82, 2.24) is 10.6 Å². The normalized spacial score (nSPS) is 12.0. The second-order valence-corrected chi connectivity index (χ2v) is 7.70. The molecule has 0 spiro atoms. The fourth-order valence-electron chi connectivity index (χ4n) is 2.31. The summed E-state index contributed by atoms with van der Waals surface area (Å²) in [6.07, 6.45) is 0.521. The van der Waals surface area contributed by atoms with Crippen LogP contribution >= 0.6 is 0 Å². The van der Waals surface area contributed by atoms with Crippen molar-refractivity contribution in [3.63, 3.8) is 0 Å². The third-order valence-corrected chi connectivity index (χ3v) is 5.41. The molecule has 2 aromatic carbocycles. The molecule has 134 valence electrons. The summed E-state index contributed by atoms with van der Waals surface area (Å²) in [6, 6.07) is 18.6. The monoisotopic (exact) mass is 359 g/mol. The Bertz CT molecular complexity index is 760. The Morgan fingerprint density at radius 2 is 1.60 bits per heavy atom. The van der Waals surface area contributed by atoms with Crippen molar-refractivity contribution in [3.05, 3.63) is 66.2 Å². The van der Waals surface area contributed by atoms with Gasteiger partial charge in [-0.2, -0.15) is 0 Å². The first-order valence-corrected chi connectivity index (χ1v) is 10.1. The highest BCUT2D eigenvalue weighted by Gasteiger charge is 2.13. The lowest BCUT2D eigenvalue weighted by molar-refractivity contribution is 0.592. The van der Waals surface area contributed by atoms with Gasteiger partial charge in [0, 0.05) is 13.1 Å². The van der Waals surface area contributed by atoms with Crippen LogP contribution in [0.1, 0.15) is 18.9 Å². The lowest BCUT2D eigenvalue weighted by atomic mass is 10.2. The Morgan fingerprint density at radius 3 is 2.24 bits per heavy atom. The van der Waals surface area contributed by atoms with Crippen molar-refractivity contribution in [2.45, 2.75) is 24.8 Å². The number of sulfone groups is 1. The molecule has 2 aromatic rings. The fourth-order valence-corrected chi connectivity index (χ4v) is 3.64. The molecule has 0 amide bonds. The Labute approximate surface area is 150 Å². The summed E-state index contributed by atoms with van der Waals surface area (Å²) in [4.78, 5) is 4.90. The maximum atomic E-state index is 12.2. The van der Waals surface area contributed by atoms with E-state index in [1.807, 2.05) is 43.3 Å². The largest absolute Gasteiger partial charge is 0.357 e. The minimum atomic E-state index is -3.23. The summed E-state index contributed by atoms with van der Waals surface area (Å²) in [5.74, 6) is 0.811. The van der Waals surface area contributed by atoms with Gasteiger partial charge in [-0.1, -0.05) is 48.5 Å². The number of benzene rings is 2. The van der Waals surface area contributed by atoms with Gasteiger partial charge in [-0.15, -0.1) is 0 Å². The molecular formula is C19H25N3O2S. The molecule has 0 heterocycles. The van der Waals surface area contributed by atoms with Gasteiger partial charge in [0.2, 0.25) is 0 Å². The number of aliphatic imine (C=N–C) groups is 1. The van der Waals surface area contributed by atoms with Crippen LogP contribution < -0.4 is 10.6 Å². The van der Waals surface area contributed by atoms with Crippen LogP contribution in [0.15, 0.2) is 70.6 Å². The SMILES string of the molecule is CCNC(=NCc1ccccc1)NCCCS(=O)(=O)c1ccccc1. The molecule has 0 radical (unpaired) electrons. The van der Waals surface area contributed by atoms with Gasteiger partial charge >= 0.3 is 0 Å². The Balaban J connectivity index is 1.83. The zero-order valence-corrected chi connectivity index (χ0v) is 15.3. The van der Waals surface area contributed by atoms with Gasteiger partial charge in [-0.05, 0) is 31.0 Å². The first kappa shape index (κ1) is 19.0. The molecule has 0 bridgehead atoms. The minimum absolute atomic E-state index is 0.113. The Kier molecular flexibility index (Phi) is 7.47. The van der Waals surface area contributed by atoms with Crippen LogP contribution in [0.2, 0.25) is 0 Å². The molecule has 2 N–H and O–H groups in total. The zero-order chi connectivity index (χ0) is 18.0. The molecule has 0 aromatic heterocycles. The molecule has 0 saturated heterocycles. The number of guanidine groups is 1. The summed E-state index contributed by atoms with van der Waals surface area (Å²) in [5.41, 5.74) is 1.13. The van der Waals surface area contributed by atoms with E-state index in [0.29, 0.717) is 30.4 Å². The third kappa shape index (κ3) is 6.58. The van der Waals surface area contributed by atoms with E-state index >= 15 is 0 Å². The maximum absolute atomic E-state index is 12.2. The van der Waals surface area contributed by atoms with Crippen molar-refractivity contribution in [2.24, 2.45) is 4.99 Å². The van der Waals surface area contributed by atoms with Gasteiger partial charge < -0.3 is 10.6 Å². The van der Waals surface area contributed by atoms with E-state index in [2.05, 4.69) is 15.6 Å². The molecule has 0 fully saturated rings. The van der Waals surface area contributed by atoms with Crippen molar-refractivity contribution < 1.29 is 8.42 Å². The van der Waals surface area contributed by atoms with Crippen molar-refractivity contribution >= 4 is 15.8 Å². The van der Waals surface area contributed by atoms with Crippen LogP contribution in [0.3, 0.4) is 0 Å². The number of nitrogens with one attached hydrogen (secondary N) is 2. The van der Waals surface area contributed by atoms with Crippen molar-refractivity contribution in [3.8, 4) is 0 Å². The second-order valence-electron chi connectivity index (χ2n) is 5.59. The highest BCUT2D eigenvalue weighted by atomic mass is 32.2. The fraction of sp³-hybridized carbons (Fsp3) is 0.316. The van der Waals surface area contributed by atoms with Crippen molar-refractivity contribution in [2.75, 3.05) is 18.8 Å². The molecule has 2 rings (SSSR count). The van der Waals surface area contributed by atoms with Crippen molar-refractivity contribution in [1.29, 1.82) is 0 Å². The van der Waals surface area contributed by atoms with E-state index in [9.17, 15) is 8.42 Å². The van der Waals surface area contributed by atoms with Crippen LogP contribution in [0, 0.1) is 0 Å². The molecule has 0 aliphatic heterocycles. The van der Waals surface area contributed by atoms with Crippen LogP contribution in [-0.4, -0.2) is 33.2 Å². The molecule has 0 aliphatic carbocycles. The molecular weight excluding hydrogens is 334 g/mol. The zero-order valence-electron chi connectivity index (χ0n) is 14.5. The number of nitrogens with zero attached hydrogens (tertiary/aromatic N) is 1. The summed E-state index contributed by atoms with van der Waals surface area (Å²) >= 11 is 0.